The molecule has 9 heteroatoms. The third kappa shape index (κ3) is 5.91. The maximum atomic E-state index is 12.0. The Morgan fingerprint density at radius 2 is 1.90 bits per heavy atom. The molecule has 0 saturated carbocycles. The number of nitrogens with zero attached hydrogens (tertiary/aromatic N) is 3. The second kappa shape index (κ2) is 11.6. The van der Waals surface area contributed by atoms with E-state index in [4.69, 9.17) is 16.3 Å². The second-order valence-corrected chi connectivity index (χ2v) is 11.9. The Balaban J connectivity index is 1.18. The van der Waals surface area contributed by atoms with Crippen molar-refractivity contribution in [1.82, 2.24) is 14.9 Å². The number of allylic oxidation sites excluding steroid dienone is 1. The molecule has 1 unspecified atom stereocenters. The second-order valence-electron chi connectivity index (χ2n) is 11.5. The molecule has 2 N–H and O–H groups in total. The number of nitrogens with one attached hydrogen (secondary N) is 1. The number of fused-ring (bicyclic) bond motifs is 1. The van der Waals surface area contributed by atoms with Gasteiger partial charge < -0.3 is 24.5 Å². The van der Waals surface area contributed by atoms with Gasteiger partial charge in [0.25, 0.3) is 0 Å². The van der Waals surface area contributed by atoms with Crippen LogP contribution in [0.4, 0.5) is 5.69 Å². The van der Waals surface area contributed by atoms with Crippen molar-refractivity contribution in [2.24, 2.45) is 5.41 Å². The molecule has 2 aromatic heterocycles. The van der Waals surface area contributed by atoms with Crippen molar-refractivity contribution in [2.45, 2.75) is 26.2 Å². The Labute approximate surface area is 249 Å². The van der Waals surface area contributed by atoms with Gasteiger partial charge in [-0.15, -0.1) is 0 Å². The number of carbonyl (C=O) groups excluding carboxylic acids is 1. The van der Waals surface area contributed by atoms with Crippen molar-refractivity contribution < 1.29 is 19.4 Å². The largest absolute Gasteiger partial charge is 0.478 e. The van der Waals surface area contributed by atoms with E-state index < -0.39 is 5.97 Å². The molecular weight excluding hydrogens is 552 g/mol. The number of aromatic carboxylic acids is 1. The van der Waals surface area contributed by atoms with Gasteiger partial charge in [0.1, 0.15) is 29.0 Å². The third-order valence-electron chi connectivity index (χ3n) is 8.42. The number of aromatic amines is 1. The number of benzene rings is 2. The number of hydrogen-bond acceptors (Lipinski definition) is 6. The highest BCUT2D eigenvalue weighted by atomic mass is 35.5. The van der Waals surface area contributed by atoms with E-state index in [1.807, 2.05) is 30.3 Å². The fourth-order valence-electron chi connectivity index (χ4n) is 6.03. The number of anilines is 1. The summed E-state index contributed by atoms with van der Waals surface area (Å²) in [5.41, 5.74) is 5.25. The van der Waals surface area contributed by atoms with Gasteiger partial charge in [-0.2, -0.15) is 0 Å². The van der Waals surface area contributed by atoms with Gasteiger partial charge in [-0.25, -0.2) is 9.78 Å². The van der Waals surface area contributed by atoms with Crippen LogP contribution in [-0.4, -0.2) is 65.0 Å². The molecule has 42 heavy (non-hydrogen) atoms. The van der Waals surface area contributed by atoms with Crippen LogP contribution < -0.4 is 9.64 Å². The molecule has 2 aliphatic rings. The topological polar surface area (TPSA) is 98.8 Å². The molecule has 0 spiro atoms. The van der Waals surface area contributed by atoms with Gasteiger partial charge in [-0.1, -0.05) is 36.2 Å². The maximum Gasteiger partial charge on any atom is 0.339 e. The number of carbonyl (C=O) groups is 2. The highest BCUT2D eigenvalue weighted by Gasteiger charge is 2.32. The van der Waals surface area contributed by atoms with Gasteiger partial charge in [0.2, 0.25) is 0 Å². The molecule has 0 radical (unpaired) electrons. The molecule has 2 aromatic carbocycles. The number of rotatable bonds is 8. The first-order valence-corrected chi connectivity index (χ1v) is 14.6. The molecule has 1 saturated heterocycles. The summed E-state index contributed by atoms with van der Waals surface area (Å²) in [6.45, 7) is 6.15. The van der Waals surface area contributed by atoms with Crippen LogP contribution in [0.2, 0.25) is 5.02 Å². The molecule has 1 atom stereocenters. The Hall–Kier alpha value is -4.14. The van der Waals surface area contributed by atoms with Crippen molar-refractivity contribution in [2.75, 3.05) is 37.6 Å². The molecule has 1 aliphatic carbocycles. The zero-order chi connectivity index (χ0) is 29.3. The summed E-state index contributed by atoms with van der Waals surface area (Å²) in [4.78, 5) is 36.0. The van der Waals surface area contributed by atoms with E-state index in [-0.39, 0.29) is 16.7 Å². The van der Waals surface area contributed by atoms with Crippen LogP contribution >= 0.6 is 11.6 Å². The lowest BCUT2D eigenvalue weighted by Gasteiger charge is -2.39. The summed E-state index contributed by atoms with van der Waals surface area (Å²) < 4.78 is 6.06. The quantitative estimate of drug-likeness (QED) is 0.223. The summed E-state index contributed by atoms with van der Waals surface area (Å²) in [5, 5.41) is 11.4. The molecule has 1 aliphatic heterocycles. The van der Waals surface area contributed by atoms with Crippen LogP contribution in [0.15, 0.2) is 72.6 Å². The van der Waals surface area contributed by atoms with E-state index in [2.05, 4.69) is 38.8 Å². The van der Waals surface area contributed by atoms with Crippen LogP contribution in [-0.2, 0) is 4.79 Å². The SMILES string of the molecule is CC1(C=O)CCC(c2ccc(Cl)cc2)=C(CN2CCN(c3ccc(C(=O)O)c(Oc4cnc5[nH]ccc5c4)c3)CC2)C1. The predicted octanol–water partition coefficient (Wildman–Crippen LogP) is 6.67. The van der Waals surface area contributed by atoms with Gasteiger partial charge in [0.05, 0.1) is 6.20 Å². The van der Waals surface area contributed by atoms with Crippen LogP contribution in [0, 0.1) is 5.41 Å². The van der Waals surface area contributed by atoms with Crippen LogP contribution in [0.1, 0.15) is 42.1 Å². The highest BCUT2D eigenvalue weighted by molar-refractivity contribution is 6.30. The lowest BCUT2D eigenvalue weighted by molar-refractivity contribution is -0.115. The number of piperazine rings is 1. The van der Waals surface area contributed by atoms with E-state index >= 15 is 0 Å². The van der Waals surface area contributed by atoms with Crippen LogP contribution in [0.5, 0.6) is 11.5 Å². The fourth-order valence-corrected chi connectivity index (χ4v) is 6.15. The zero-order valence-electron chi connectivity index (χ0n) is 23.5. The number of hydrogen-bond donors (Lipinski definition) is 2. The molecular formula is C33H33ClN4O4. The molecule has 0 amide bonds. The van der Waals surface area contributed by atoms with Crippen molar-refractivity contribution in [1.29, 1.82) is 0 Å². The monoisotopic (exact) mass is 584 g/mol. The fraction of sp³-hybridized carbons (Fsp3) is 0.303. The minimum atomic E-state index is -1.04. The molecule has 6 rings (SSSR count). The Kier molecular flexibility index (Phi) is 7.75. The molecule has 216 valence electrons. The molecule has 1 fully saturated rings. The van der Waals surface area contributed by atoms with E-state index in [9.17, 15) is 14.7 Å². The van der Waals surface area contributed by atoms with Crippen LogP contribution in [0.3, 0.4) is 0 Å². The molecule has 0 bridgehead atoms. The lowest BCUT2D eigenvalue weighted by atomic mass is 9.72. The Morgan fingerprint density at radius 1 is 1.12 bits per heavy atom. The van der Waals surface area contributed by atoms with E-state index in [1.165, 1.54) is 16.7 Å². The van der Waals surface area contributed by atoms with Gasteiger partial charge >= 0.3 is 5.97 Å². The van der Waals surface area contributed by atoms with Gasteiger partial charge in [0.15, 0.2) is 0 Å². The predicted molar refractivity (Wildman–Crippen MR) is 165 cm³/mol. The molecule has 4 aromatic rings. The third-order valence-corrected chi connectivity index (χ3v) is 8.67. The van der Waals surface area contributed by atoms with Crippen molar-refractivity contribution in [3.63, 3.8) is 0 Å². The normalized spacial score (nSPS) is 19.7. The summed E-state index contributed by atoms with van der Waals surface area (Å²) in [6.07, 6.45) is 6.99. The number of halogens is 1. The number of ether oxygens (including phenoxy) is 1. The number of H-pyrrole nitrogens is 1. The first-order chi connectivity index (χ1) is 20.3. The first kappa shape index (κ1) is 28.0. The minimum Gasteiger partial charge on any atom is -0.478 e. The number of carboxylic acid groups (broad SMARTS) is 1. The van der Waals surface area contributed by atoms with Crippen molar-refractivity contribution >= 4 is 46.2 Å². The molecule has 8 nitrogen and oxygen atoms in total. The van der Waals surface area contributed by atoms with Crippen molar-refractivity contribution in [3.8, 4) is 11.5 Å². The van der Waals surface area contributed by atoms with Gasteiger partial charge in [-0.05, 0) is 66.8 Å². The molecule has 3 heterocycles. The summed E-state index contributed by atoms with van der Waals surface area (Å²) in [5.74, 6) is -0.282. The van der Waals surface area contributed by atoms with Crippen molar-refractivity contribution in [3.05, 3.63) is 88.7 Å². The van der Waals surface area contributed by atoms with E-state index in [0.29, 0.717) is 10.8 Å². The summed E-state index contributed by atoms with van der Waals surface area (Å²) in [6, 6.07) is 17.0. The first-order valence-electron chi connectivity index (χ1n) is 14.2. The summed E-state index contributed by atoms with van der Waals surface area (Å²) in [7, 11) is 0. The lowest BCUT2D eigenvalue weighted by Crippen LogP contribution is -2.47. The zero-order valence-corrected chi connectivity index (χ0v) is 24.2. The maximum absolute atomic E-state index is 12.0. The van der Waals surface area contributed by atoms with Gasteiger partial charge in [-0.3, -0.25) is 4.90 Å². The summed E-state index contributed by atoms with van der Waals surface area (Å²) >= 11 is 6.15. The van der Waals surface area contributed by atoms with E-state index in [0.717, 1.165) is 75.0 Å². The standard InChI is InChI=1S/C33H33ClN4O4/c1-33(21-39)10-8-28(22-2-4-25(34)5-3-22)24(18-33)20-37-12-14-38(15-13-37)26-6-7-29(32(40)41)30(17-26)42-27-16-23-9-11-35-31(23)36-19-27/h2-7,9,11,16-17,19,21H,8,10,12-15,18,20H2,1H3,(H,35,36)(H,40,41). The number of aldehydes is 1. The average Bonchev–Trinajstić information content (AvgIpc) is 3.46. The van der Waals surface area contributed by atoms with E-state index in [1.54, 1.807) is 24.5 Å². The van der Waals surface area contributed by atoms with Gasteiger partial charge in [0, 0.05) is 66.5 Å². The average molecular weight is 585 g/mol. The highest BCUT2D eigenvalue weighted by Crippen LogP contribution is 2.42. The number of carboxylic acids is 1. The number of aromatic nitrogens is 2. The number of pyridine rings is 1. The van der Waals surface area contributed by atoms with Crippen LogP contribution in [0.25, 0.3) is 16.6 Å². The Bertz CT molecular complexity index is 1660. The Morgan fingerprint density at radius 3 is 2.64 bits per heavy atom. The minimum absolute atomic E-state index is 0.101. The smallest absolute Gasteiger partial charge is 0.339 e.